The number of nitrogens with one attached hydrogen (secondary N) is 1. The Labute approximate surface area is 156 Å². The second kappa shape index (κ2) is 7.22. The highest BCUT2D eigenvalue weighted by Gasteiger charge is 2.25. The van der Waals surface area contributed by atoms with E-state index >= 15 is 0 Å². The summed E-state index contributed by atoms with van der Waals surface area (Å²) in [5.74, 6) is 1.16. The zero-order valence-corrected chi connectivity index (χ0v) is 14.9. The second-order valence-electron chi connectivity index (χ2n) is 6.68. The minimum Gasteiger partial charge on any atom is -0.488 e. The zero-order valence-electron chi connectivity index (χ0n) is 14.9. The third-order valence-corrected chi connectivity index (χ3v) is 4.95. The van der Waals surface area contributed by atoms with E-state index in [2.05, 4.69) is 4.98 Å². The minimum atomic E-state index is -0.00842. The van der Waals surface area contributed by atoms with Crippen LogP contribution in [0.1, 0.15) is 29.6 Å². The fourth-order valence-electron chi connectivity index (χ4n) is 3.51. The molecular weight excluding hydrogens is 346 g/mol. The third-order valence-electron chi connectivity index (χ3n) is 4.95. The minimum absolute atomic E-state index is 0.00842. The molecule has 1 fully saturated rings. The SMILES string of the molecule is N=c1cc(N2CCOc3cc(C(=O)N4CCCCC4)cnc32)ccn1C=O. The quantitative estimate of drug-likeness (QED) is 0.831. The molecular formula is C19H21N5O3. The number of nitrogens with zero attached hydrogens (tertiary/aromatic N) is 4. The van der Waals surface area contributed by atoms with Crippen LogP contribution >= 0.6 is 0 Å². The molecule has 2 aromatic heterocycles. The van der Waals surface area contributed by atoms with Crippen molar-refractivity contribution in [2.45, 2.75) is 19.3 Å². The number of hydrogen-bond donors (Lipinski definition) is 1. The van der Waals surface area contributed by atoms with E-state index in [1.807, 2.05) is 9.80 Å². The number of pyridine rings is 2. The number of aromatic nitrogens is 2. The Morgan fingerprint density at radius 1 is 1.19 bits per heavy atom. The molecule has 1 saturated heterocycles. The van der Waals surface area contributed by atoms with Gasteiger partial charge < -0.3 is 14.5 Å². The predicted octanol–water partition coefficient (Wildman–Crippen LogP) is 1.56. The molecule has 2 aromatic rings. The van der Waals surface area contributed by atoms with Crippen molar-refractivity contribution in [2.75, 3.05) is 31.1 Å². The zero-order chi connectivity index (χ0) is 18.8. The fraction of sp³-hybridized carbons (Fsp3) is 0.368. The molecule has 0 saturated carbocycles. The lowest BCUT2D eigenvalue weighted by molar-refractivity contribution is 0.0723. The maximum Gasteiger partial charge on any atom is 0.255 e. The molecule has 0 aliphatic carbocycles. The lowest BCUT2D eigenvalue weighted by Crippen LogP contribution is -2.36. The van der Waals surface area contributed by atoms with Gasteiger partial charge in [0, 0.05) is 37.2 Å². The van der Waals surface area contributed by atoms with E-state index in [-0.39, 0.29) is 11.4 Å². The Hall–Kier alpha value is -3.16. The van der Waals surface area contributed by atoms with Crippen molar-refractivity contribution in [3.63, 3.8) is 0 Å². The number of piperidine rings is 1. The number of rotatable bonds is 3. The van der Waals surface area contributed by atoms with Gasteiger partial charge >= 0.3 is 0 Å². The van der Waals surface area contributed by atoms with Crippen LogP contribution in [0.2, 0.25) is 0 Å². The number of likely N-dealkylation sites (tertiary alicyclic amines) is 1. The van der Waals surface area contributed by atoms with Gasteiger partial charge in [-0.05, 0) is 31.4 Å². The molecule has 1 amide bonds. The van der Waals surface area contributed by atoms with Crippen LogP contribution < -0.4 is 15.1 Å². The number of carbonyl (C=O) groups excluding carboxylic acids is 2. The van der Waals surface area contributed by atoms with Crippen LogP contribution in [0.15, 0.2) is 30.6 Å². The van der Waals surface area contributed by atoms with Crippen molar-refractivity contribution in [1.29, 1.82) is 5.41 Å². The van der Waals surface area contributed by atoms with Crippen LogP contribution in [-0.2, 0) is 4.79 Å². The van der Waals surface area contributed by atoms with Crippen molar-refractivity contribution in [3.05, 3.63) is 41.6 Å². The highest BCUT2D eigenvalue weighted by atomic mass is 16.5. The van der Waals surface area contributed by atoms with Crippen molar-refractivity contribution in [2.24, 2.45) is 0 Å². The van der Waals surface area contributed by atoms with E-state index in [0.717, 1.165) is 31.6 Å². The van der Waals surface area contributed by atoms with Crippen LogP contribution in [0.3, 0.4) is 0 Å². The van der Waals surface area contributed by atoms with Crippen molar-refractivity contribution < 1.29 is 14.3 Å². The number of carbonyl (C=O) groups is 2. The van der Waals surface area contributed by atoms with Gasteiger partial charge in [-0.3, -0.25) is 19.6 Å². The Morgan fingerprint density at radius 3 is 2.74 bits per heavy atom. The number of fused-ring (bicyclic) bond motifs is 1. The molecule has 0 aromatic carbocycles. The molecule has 27 heavy (non-hydrogen) atoms. The molecule has 4 heterocycles. The fourth-order valence-corrected chi connectivity index (χ4v) is 3.51. The summed E-state index contributed by atoms with van der Waals surface area (Å²) in [6, 6.07) is 5.12. The standard InChI is InChI=1S/C19H21N5O3/c20-17-11-15(4-7-23(17)13-25)24-8-9-27-16-10-14(12-21-18(16)24)19(26)22-5-2-1-3-6-22/h4,7,10-13,20H,1-3,5-6,8-9H2. The van der Waals surface area contributed by atoms with Gasteiger partial charge in [0.05, 0.1) is 12.1 Å². The predicted molar refractivity (Wildman–Crippen MR) is 98.9 cm³/mol. The Morgan fingerprint density at radius 2 is 2.00 bits per heavy atom. The largest absolute Gasteiger partial charge is 0.488 e. The highest BCUT2D eigenvalue weighted by molar-refractivity contribution is 5.95. The molecule has 0 bridgehead atoms. The molecule has 8 nitrogen and oxygen atoms in total. The molecule has 0 atom stereocenters. The molecule has 4 rings (SSSR count). The average molecular weight is 367 g/mol. The van der Waals surface area contributed by atoms with Gasteiger partial charge in [0.1, 0.15) is 12.1 Å². The number of amides is 1. The van der Waals surface area contributed by atoms with Crippen molar-refractivity contribution in [1.82, 2.24) is 14.5 Å². The van der Waals surface area contributed by atoms with Crippen LogP contribution in [0, 0.1) is 5.41 Å². The first kappa shape index (κ1) is 17.3. The van der Waals surface area contributed by atoms with Crippen molar-refractivity contribution >= 4 is 23.8 Å². The highest BCUT2D eigenvalue weighted by Crippen LogP contribution is 2.35. The number of ether oxygens (including phenoxy) is 1. The van der Waals surface area contributed by atoms with Crippen LogP contribution in [0.5, 0.6) is 5.75 Å². The third kappa shape index (κ3) is 3.30. The summed E-state index contributed by atoms with van der Waals surface area (Å²) in [5, 5.41) is 7.92. The van der Waals surface area contributed by atoms with E-state index < -0.39 is 0 Å². The smallest absolute Gasteiger partial charge is 0.255 e. The van der Waals surface area contributed by atoms with E-state index in [1.165, 1.54) is 11.0 Å². The van der Waals surface area contributed by atoms with Gasteiger partial charge in [0.2, 0.25) is 6.41 Å². The normalized spacial score (nSPS) is 16.4. The summed E-state index contributed by atoms with van der Waals surface area (Å²) >= 11 is 0. The molecule has 8 heteroatoms. The maximum absolute atomic E-state index is 12.7. The molecule has 2 aliphatic heterocycles. The lowest BCUT2D eigenvalue weighted by Gasteiger charge is -2.31. The van der Waals surface area contributed by atoms with Gasteiger partial charge in [-0.25, -0.2) is 4.98 Å². The first-order valence-electron chi connectivity index (χ1n) is 9.09. The van der Waals surface area contributed by atoms with Gasteiger partial charge in [-0.2, -0.15) is 0 Å². The first-order chi connectivity index (χ1) is 13.2. The Kier molecular flexibility index (Phi) is 4.62. The average Bonchev–Trinajstić information content (AvgIpc) is 2.73. The Balaban J connectivity index is 1.63. The lowest BCUT2D eigenvalue weighted by atomic mass is 10.1. The van der Waals surface area contributed by atoms with Crippen LogP contribution in [0.25, 0.3) is 0 Å². The molecule has 0 unspecified atom stereocenters. The van der Waals surface area contributed by atoms with Crippen LogP contribution in [0.4, 0.5) is 11.5 Å². The number of anilines is 2. The topological polar surface area (TPSA) is 91.5 Å². The Bertz CT molecular complexity index is 933. The van der Waals surface area contributed by atoms with E-state index in [9.17, 15) is 9.59 Å². The molecule has 0 radical (unpaired) electrons. The summed E-state index contributed by atoms with van der Waals surface area (Å²) < 4.78 is 6.94. The number of hydrogen-bond acceptors (Lipinski definition) is 6. The van der Waals surface area contributed by atoms with E-state index in [0.29, 0.717) is 36.7 Å². The summed E-state index contributed by atoms with van der Waals surface area (Å²) in [6.07, 6.45) is 6.98. The van der Waals surface area contributed by atoms with Gasteiger partial charge in [-0.15, -0.1) is 0 Å². The van der Waals surface area contributed by atoms with Crippen molar-refractivity contribution in [3.8, 4) is 5.75 Å². The van der Waals surface area contributed by atoms with Crippen LogP contribution in [-0.4, -0.2) is 53.0 Å². The van der Waals surface area contributed by atoms with Gasteiger partial charge in [0.25, 0.3) is 5.91 Å². The summed E-state index contributed by atoms with van der Waals surface area (Å²) in [7, 11) is 0. The van der Waals surface area contributed by atoms with E-state index in [1.54, 1.807) is 30.6 Å². The molecule has 1 N–H and O–H groups in total. The van der Waals surface area contributed by atoms with E-state index in [4.69, 9.17) is 10.1 Å². The molecule has 140 valence electrons. The summed E-state index contributed by atoms with van der Waals surface area (Å²) in [5.41, 5.74) is 1.38. The van der Waals surface area contributed by atoms with Gasteiger partial charge in [0.15, 0.2) is 11.6 Å². The molecule has 2 aliphatic rings. The molecule has 0 spiro atoms. The summed E-state index contributed by atoms with van der Waals surface area (Å²) in [4.78, 5) is 31.9. The monoisotopic (exact) mass is 367 g/mol. The summed E-state index contributed by atoms with van der Waals surface area (Å²) in [6.45, 7) is 2.60. The maximum atomic E-state index is 12.7. The first-order valence-corrected chi connectivity index (χ1v) is 9.09. The van der Waals surface area contributed by atoms with Gasteiger partial charge in [-0.1, -0.05) is 0 Å². The second-order valence-corrected chi connectivity index (χ2v) is 6.68.